The quantitative estimate of drug-likeness (QED) is 0.261. The first kappa shape index (κ1) is 32.9. The number of carbonyl (C=O) groups excluding carboxylic acids is 1. The average Bonchev–Trinajstić information content (AvgIpc) is 3.03. The minimum absolute atomic E-state index is 0.0228. The van der Waals surface area contributed by atoms with Gasteiger partial charge in [0.1, 0.15) is 5.82 Å². The van der Waals surface area contributed by atoms with Crippen LogP contribution in [0.3, 0.4) is 0 Å². The van der Waals surface area contributed by atoms with Crippen LogP contribution in [-0.2, 0) is 22.6 Å². The van der Waals surface area contributed by atoms with Crippen LogP contribution >= 0.6 is 0 Å². The van der Waals surface area contributed by atoms with E-state index < -0.39 is 53.0 Å². The molecule has 0 radical (unpaired) electrons. The molecule has 1 unspecified atom stereocenters. The molecule has 2 N–H and O–H groups in total. The minimum atomic E-state index is -5.06. The molecule has 1 aliphatic carbocycles. The molecule has 1 aliphatic heterocycles. The topological polar surface area (TPSA) is 52.6 Å². The summed E-state index contributed by atoms with van der Waals surface area (Å²) < 4.78 is 94.5. The average molecular weight is 637 g/mol. The van der Waals surface area contributed by atoms with E-state index in [-0.39, 0.29) is 17.9 Å². The minimum Gasteiger partial charge on any atom is -0.394 e. The Bertz CT molecular complexity index is 1410. The van der Waals surface area contributed by atoms with Gasteiger partial charge in [0.25, 0.3) is 0 Å². The van der Waals surface area contributed by atoms with Crippen LogP contribution in [0.2, 0.25) is 0 Å². The molecule has 1 saturated heterocycles. The van der Waals surface area contributed by atoms with E-state index >= 15 is 0 Å². The second-order valence-corrected chi connectivity index (χ2v) is 12.1. The number of likely N-dealkylation sites (tertiary alicyclic amines) is 1. The van der Waals surface area contributed by atoms with Crippen molar-refractivity contribution >= 4 is 5.91 Å². The standard InChI is InChI=1S/C34H35F7N2O2/c35-28-8-6-22(7-9-28)23-12-16-43(17-13-23)29-10-14-32(15-11-29,25-4-2-1-3-5-25)31(45)42-30(21-44)24-18-26(33(36,37)38)20-27(19-24)34(39,40)41/h1-9,18-20,23,29-30,44H,10-17,21H2,(H,42,45). The van der Waals surface area contributed by atoms with Crippen LogP contribution < -0.4 is 5.32 Å². The fourth-order valence-electron chi connectivity index (χ4n) is 6.91. The SMILES string of the molecule is O=C(NC(CO)c1cc(C(F)(F)F)cc(C(F)(F)F)c1)C1(c2ccccc2)CCC(N2CCC(c3ccc(F)cc3)CC2)CC1. The number of nitrogens with zero attached hydrogens (tertiary/aromatic N) is 1. The number of benzene rings is 3. The van der Waals surface area contributed by atoms with Crippen LogP contribution in [0.4, 0.5) is 30.7 Å². The zero-order chi connectivity index (χ0) is 32.4. The molecule has 1 amide bonds. The van der Waals surface area contributed by atoms with E-state index in [4.69, 9.17) is 0 Å². The monoisotopic (exact) mass is 636 g/mol. The van der Waals surface area contributed by atoms with Gasteiger partial charge in [-0.3, -0.25) is 4.79 Å². The van der Waals surface area contributed by atoms with E-state index in [9.17, 15) is 40.6 Å². The number of rotatable bonds is 7. The van der Waals surface area contributed by atoms with E-state index in [2.05, 4.69) is 10.2 Å². The first-order valence-electron chi connectivity index (χ1n) is 15.1. The third kappa shape index (κ3) is 7.35. The highest BCUT2D eigenvalue weighted by Gasteiger charge is 2.45. The largest absolute Gasteiger partial charge is 0.416 e. The van der Waals surface area contributed by atoms with Crippen molar-refractivity contribution in [1.82, 2.24) is 10.2 Å². The second-order valence-electron chi connectivity index (χ2n) is 12.1. The number of piperidine rings is 1. The Morgan fingerprint density at radius 2 is 1.40 bits per heavy atom. The van der Waals surface area contributed by atoms with Crippen molar-refractivity contribution in [2.75, 3.05) is 19.7 Å². The van der Waals surface area contributed by atoms with Gasteiger partial charge >= 0.3 is 12.4 Å². The summed E-state index contributed by atoms with van der Waals surface area (Å²) in [5, 5.41) is 12.7. The van der Waals surface area contributed by atoms with Crippen LogP contribution in [0.5, 0.6) is 0 Å². The van der Waals surface area contributed by atoms with Gasteiger partial charge in [-0.15, -0.1) is 0 Å². The highest BCUT2D eigenvalue weighted by atomic mass is 19.4. The first-order chi connectivity index (χ1) is 21.3. The van der Waals surface area contributed by atoms with Gasteiger partial charge in [-0.05, 0) is 105 Å². The number of hydrogen-bond acceptors (Lipinski definition) is 3. The first-order valence-corrected chi connectivity index (χ1v) is 15.1. The summed E-state index contributed by atoms with van der Waals surface area (Å²) in [6, 6.07) is 15.4. The number of halogens is 7. The smallest absolute Gasteiger partial charge is 0.394 e. The van der Waals surface area contributed by atoms with Gasteiger partial charge < -0.3 is 15.3 Å². The van der Waals surface area contributed by atoms with Crippen molar-refractivity contribution in [2.45, 2.75) is 74.3 Å². The van der Waals surface area contributed by atoms with E-state index in [1.54, 1.807) is 30.3 Å². The highest BCUT2D eigenvalue weighted by Crippen LogP contribution is 2.43. The number of aliphatic hydroxyl groups excluding tert-OH is 1. The Morgan fingerprint density at radius 3 is 1.91 bits per heavy atom. The number of nitrogens with one attached hydrogen (secondary N) is 1. The third-order valence-corrected chi connectivity index (χ3v) is 9.46. The van der Waals surface area contributed by atoms with Gasteiger partial charge in [0.15, 0.2) is 0 Å². The predicted octanol–water partition coefficient (Wildman–Crippen LogP) is 7.77. The second kappa shape index (κ2) is 13.1. The number of amides is 1. The van der Waals surface area contributed by atoms with Gasteiger partial charge in [0.05, 0.1) is 29.2 Å². The molecule has 2 aliphatic rings. The molecule has 1 atom stereocenters. The lowest BCUT2D eigenvalue weighted by molar-refractivity contribution is -0.143. The third-order valence-electron chi connectivity index (χ3n) is 9.46. The molecule has 4 nitrogen and oxygen atoms in total. The van der Waals surface area contributed by atoms with Crippen LogP contribution in [0.25, 0.3) is 0 Å². The Labute approximate surface area is 257 Å². The summed E-state index contributed by atoms with van der Waals surface area (Å²) in [7, 11) is 0. The van der Waals surface area contributed by atoms with Crippen LogP contribution in [0.1, 0.15) is 78.3 Å². The van der Waals surface area contributed by atoms with E-state index in [1.807, 2.05) is 12.1 Å². The molecule has 2 fully saturated rings. The number of alkyl halides is 6. The van der Waals surface area contributed by atoms with Gasteiger partial charge in [0, 0.05) is 6.04 Å². The van der Waals surface area contributed by atoms with Crippen LogP contribution in [0, 0.1) is 5.82 Å². The molecular weight excluding hydrogens is 601 g/mol. The molecule has 5 rings (SSSR count). The highest BCUT2D eigenvalue weighted by molar-refractivity contribution is 5.88. The zero-order valence-corrected chi connectivity index (χ0v) is 24.5. The van der Waals surface area contributed by atoms with Crippen LogP contribution in [-0.4, -0.2) is 41.7 Å². The van der Waals surface area contributed by atoms with Gasteiger partial charge in [-0.1, -0.05) is 42.5 Å². The Balaban J connectivity index is 1.33. The molecular formula is C34H35F7N2O2. The molecule has 11 heteroatoms. The Hall–Kier alpha value is -3.44. The molecule has 0 spiro atoms. The summed E-state index contributed by atoms with van der Waals surface area (Å²) in [5.41, 5.74) is -2.77. The Morgan fingerprint density at radius 1 is 0.844 bits per heavy atom. The number of aliphatic hydroxyl groups is 1. The van der Waals surface area contributed by atoms with Gasteiger partial charge in [-0.25, -0.2) is 4.39 Å². The fraction of sp³-hybridized carbons (Fsp3) is 0.441. The zero-order valence-electron chi connectivity index (χ0n) is 24.5. The normalized spacial score (nSPS) is 22.6. The van der Waals surface area contributed by atoms with Crippen molar-refractivity contribution in [1.29, 1.82) is 0 Å². The summed E-state index contributed by atoms with van der Waals surface area (Å²) >= 11 is 0. The summed E-state index contributed by atoms with van der Waals surface area (Å²) in [4.78, 5) is 16.4. The molecule has 3 aromatic rings. The molecule has 242 valence electrons. The molecule has 3 aromatic carbocycles. The summed E-state index contributed by atoms with van der Waals surface area (Å²) in [6.07, 6.45) is -6.12. The van der Waals surface area contributed by atoms with Crippen molar-refractivity contribution < 1.29 is 40.6 Å². The van der Waals surface area contributed by atoms with Crippen molar-refractivity contribution in [2.24, 2.45) is 0 Å². The lowest BCUT2D eigenvalue weighted by Crippen LogP contribution is -2.52. The molecule has 0 aromatic heterocycles. The summed E-state index contributed by atoms with van der Waals surface area (Å²) in [6.45, 7) is 0.808. The maximum Gasteiger partial charge on any atom is 0.416 e. The maximum absolute atomic E-state index is 14.0. The lowest BCUT2D eigenvalue weighted by Gasteiger charge is -2.45. The van der Waals surface area contributed by atoms with E-state index in [0.29, 0.717) is 49.3 Å². The molecule has 45 heavy (non-hydrogen) atoms. The molecule has 1 heterocycles. The van der Waals surface area contributed by atoms with Gasteiger partial charge in [-0.2, -0.15) is 26.3 Å². The molecule has 1 saturated carbocycles. The molecule has 0 bridgehead atoms. The van der Waals surface area contributed by atoms with Crippen molar-refractivity contribution in [3.63, 3.8) is 0 Å². The number of hydrogen-bond donors (Lipinski definition) is 2. The lowest BCUT2D eigenvalue weighted by atomic mass is 9.67. The fourth-order valence-corrected chi connectivity index (χ4v) is 6.91. The predicted molar refractivity (Wildman–Crippen MR) is 155 cm³/mol. The Kier molecular flexibility index (Phi) is 9.60. The van der Waals surface area contributed by atoms with E-state index in [0.717, 1.165) is 31.5 Å². The van der Waals surface area contributed by atoms with Gasteiger partial charge in [0.2, 0.25) is 5.91 Å². The van der Waals surface area contributed by atoms with Crippen molar-refractivity contribution in [3.05, 3.63) is 106 Å². The van der Waals surface area contributed by atoms with Crippen LogP contribution in [0.15, 0.2) is 72.8 Å². The maximum atomic E-state index is 14.0. The van der Waals surface area contributed by atoms with Crippen molar-refractivity contribution in [3.8, 4) is 0 Å². The number of carbonyl (C=O) groups is 1. The van der Waals surface area contributed by atoms with E-state index in [1.165, 1.54) is 12.1 Å². The summed E-state index contributed by atoms with van der Waals surface area (Å²) in [5.74, 6) is -0.480.